The molecule has 1 aliphatic heterocycles. The minimum absolute atomic E-state index is 0.107. The van der Waals surface area contributed by atoms with E-state index in [4.69, 9.17) is 9.47 Å². The summed E-state index contributed by atoms with van der Waals surface area (Å²) in [6.07, 6.45) is -3.09. The third kappa shape index (κ3) is 1.84. The Morgan fingerprint density at radius 1 is 0.786 bits per heavy atom. The smallest absolute Gasteiger partial charge is 0.164 e. The number of hydrogen-bond donors (Lipinski definition) is 3. The molecule has 6 atom stereocenters. The first kappa shape index (κ1) is 17.1. The maximum Gasteiger partial charge on any atom is 0.164 e. The molecule has 1 saturated heterocycles. The first-order valence-corrected chi connectivity index (χ1v) is 9.97. The molecule has 5 heteroatoms. The second kappa shape index (κ2) is 5.23. The lowest BCUT2D eigenvalue weighted by atomic mass is 9.47. The van der Waals surface area contributed by atoms with Gasteiger partial charge in [0.05, 0.1) is 12.2 Å². The first-order chi connectivity index (χ1) is 13.3. The van der Waals surface area contributed by atoms with Gasteiger partial charge in [-0.05, 0) is 36.1 Å². The normalized spacial score (nSPS) is 44.4. The molecule has 4 aliphatic carbocycles. The highest BCUT2D eigenvalue weighted by atomic mass is 16.8. The van der Waals surface area contributed by atoms with Gasteiger partial charge in [-0.25, -0.2) is 0 Å². The predicted octanol–water partition coefficient (Wildman–Crippen LogP) is 1.87. The van der Waals surface area contributed by atoms with Gasteiger partial charge in [-0.2, -0.15) is 0 Å². The molecular weight excluding hydrogens is 356 g/mol. The molecule has 5 nitrogen and oxygen atoms in total. The van der Waals surface area contributed by atoms with E-state index in [-0.39, 0.29) is 11.8 Å². The van der Waals surface area contributed by atoms with E-state index in [9.17, 15) is 15.3 Å². The monoisotopic (exact) mass is 380 g/mol. The van der Waals surface area contributed by atoms with Gasteiger partial charge in [-0.15, -0.1) is 0 Å². The van der Waals surface area contributed by atoms with Gasteiger partial charge in [0.15, 0.2) is 5.79 Å². The average Bonchev–Trinajstić information content (AvgIpc) is 3.02. The van der Waals surface area contributed by atoms with Gasteiger partial charge in [-0.3, -0.25) is 0 Å². The standard InChI is InChI=1S/C23H24O5/c1-22(2)27-20-18(24)16-15-11-7-3-5-9-13(11)23(26,14-10-6-4-8-12(14)15)17(16)19(25)21(20)28-22/h3-10,15-21,24-26H,1-2H3/t15?,16-,17+,18-,19+,20+,21-,23?/m1/s1. The van der Waals surface area contributed by atoms with Crippen LogP contribution in [0.15, 0.2) is 48.5 Å². The van der Waals surface area contributed by atoms with Crippen LogP contribution in [-0.4, -0.2) is 45.5 Å². The van der Waals surface area contributed by atoms with E-state index in [0.29, 0.717) is 0 Å². The second-order valence-electron chi connectivity index (χ2n) is 9.07. The van der Waals surface area contributed by atoms with E-state index >= 15 is 0 Å². The van der Waals surface area contributed by atoms with Gasteiger partial charge in [-0.1, -0.05) is 48.5 Å². The van der Waals surface area contributed by atoms with Crippen molar-refractivity contribution in [1.29, 1.82) is 0 Å². The molecule has 0 radical (unpaired) electrons. The molecule has 0 amide bonds. The molecule has 0 aromatic heterocycles. The summed E-state index contributed by atoms with van der Waals surface area (Å²) in [5.74, 6) is -1.92. The highest BCUT2D eigenvalue weighted by molar-refractivity contribution is 5.59. The van der Waals surface area contributed by atoms with E-state index in [2.05, 4.69) is 0 Å². The fraction of sp³-hybridized carbons (Fsp3) is 0.478. The average molecular weight is 380 g/mol. The Balaban J connectivity index is 1.62. The van der Waals surface area contributed by atoms with Crippen molar-refractivity contribution in [2.45, 2.75) is 55.6 Å². The molecule has 28 heavy (non-hydrogen) atoms. The van der Waals surface area contributed by atoms with E-state index < -0.39 is 41.7 Å². The predicted molar refractivity (Wildman–Crippen MR) is 101 cm³/mol. The van der Waals surface area contributed by atoms with Crippen molar-refractivity contribution < 1.29 is 24.8 Å². The Labute approximate surface area is 163 Å². The Bertz CT molecular complexity index is 921. The lowest BCUT2D eigenvalue weighted by molar-refractivity contribution is -0.201. The van der Waals surface area contributed by atoms with Gasteiger partial charge in [0.1, 0.15) is 17.8 Å². The van der Waals surface area contributed by atoms with Crippen LogP contribution >= 0.6 is 0 Å². The third-order valence-corrected chi connectivity index (χ3v) is 7.29. The number of hydrogen-bond acceptors (Lipinski definition) is 5. The summed E-state index contributed by atoms with van der Waals surface area (Å²) in [6, 6.07) is 15.7. The number of aliphatic hydroxyl groups is 3. The van der Waals surface area contributed by atoms with Crippen LogP contribution < -0.4 is 0 Å². The topological polar surface area (TPSA) is 79.2 Å². The van der Waals surface area contributed by atoms with Gasteiger partial charge < -0.3 is 24.8 Å². The van der Waals surface area contributed by atoms with Crippen molar-refractivity contribution in [3.63, 3.8) is 0 Å². The lowest BCUT2D eigenvalue weighted by Gasteiger charge is -2.60. The van der Waals surface area contributed by atoms with Crippen LogP contribution in [0.4, 0.5) is 0 Å². The molecule has 1 heterocycles. The zero-order chi connectivity index (χ0) is 19.4. The van der Waals surface area contributed by atoms with Gasteiger partial charge in [0.25, 0.3) is 0 Å². The molecule has 2 aromatic carbocycles. The van der Waals surface area contributed by atoms with Gasteiger partial charge in [0, 0.05) is 17.8 Å². The van der Waals surface area contributed by atoms with Crippen molar-refractivity contribution in [1.82, 2.24) is 0 Å². The molecule has 0 spiro atoms. The van der Waals surface area contributed by atoms with Crippen LogP contribution in [0.1, 0.15) is 42.0 Å². The molecule has 2 bridgehead atoms. The Morgan fingerprint density at radius 2 is 1.29 bits per heavy atom. The van der Waals surface area contributed by atoms with E-state index in [1.54, 1.807) is 13.8 Å². The highest BCUT2D eigenvalue weighted by Crippen LogP contribution is 2.64. The minimum atomic E-state index is -1.38. The summed E-state index contributed by atoms with van der Waals surface area (Å²) >= 11 is 0. The van der Waals surface area contributed by atoms with Crippen LogP contribution in [0, 0.1) is 11.8 Å². The fourth-order valence-electron chi connectivity index (χ4n) is 6.46. The number of aliphatic hydroxyl groups excluding tert-OH is 2. The molecule has 2 fully saturated rings. The van der Waals surface area contributed by atoms with Gasteiger partial charge in [0.2, 0.25) is 0 Å². The summed E-state index contributed by atoms with van der Waals surface area (Å²) in [6.45, 7) is 3.59. The summed E-state index contributed by atoms with van der Waals surface area (Å²) in [5.41, 5.74) is 2.31. The quantitative estimate of drug-likeness (QED) is 0.650. The molecular formula is C23H24O5. The van der Waals surface area contributed by atoms with Crippen LogP contribution in [0.3, 0.4) is 0 Å². The van der Waals surface area contributed by atoms with Crippen molar-refractivity contribution in [2.75, 3.05) is 0 Å². The summed E-state index contributed by atoms with van der Waals surface area (Å²) in [4.78, 5) is 0. The van der Waals surface area contributed by atoms with E-state index in [0.717, 1.165) is 22.3 Å². The Morgan fingerprint density at radius 3 is 1.86 bits per heavy atom. The van der Waals surface area contributed by atoms with Crippen LogP contribution in [0.5, 0.6) is 0 Å². The van der Waals surface area contributed by atoms with Crippen LogP contribution in [0.2, 0.25) is 0 Å². The molecule has 1 saturated carbocycles. The highest BCUT2D eigenvalue weighted by Gasteiger charge is 2.69. The fourth-order valence-corrected chi connectivity index (χ4v) is 6.46. The van der Waals surface area contributed by atoms with Crippen molar-refractivity contribution in [3.8, 4) is 0 Å². The molecule has 5 aliphatic rings. The summed E-state index contributed by atoms with van der Waals surface area (Å²) in [7, 11) is 0. The maximum absolute atomic E-state index is 12.2. The zero-order valence-corrected chi connectivity index (χ0v) is 15.8. The third-order valence-electron chi connectivity index (χ3n) is 7.29. The number of fused-ring (bicyclic) bond motifs is 1. The minimum Gasteiger partial charge on any atom is -0.390 e. The van der Waals surface area contributed by atoms with Crippen LogP contribution in [-0.2, 0) is 15.1 Å². The number of rotatable bonds is 0. The molecule has 7 rings (SSSR count). The van der Waals surface area contributed by atoms with Crippen LogP contribution in [0.25, 0.3) is 0 Å². The van der Waals surface area contributed by atoms with E-state index in [1.165, 1.54) is 0 Å². The molecule has 2 aromatic rings. The SMILES string of the molecule is CC1(C)O[C@@H]2[C@@H](O)[C@@H]3[C@@H](C4c5ccccc5C3(O)c3ccccc34)[C@@H](O)[C@@H]2O1. The Hall–Kier alpha value is -1.76. The van der Waals surface area contributed by atoms with Gasteiger partial charge >= 0.3 is 0 Å². The molecule has 146 valence electrons. The molecule has 3 N–H and O–H groups in total. The summed E-state index contributed by atoms with van der Waals surface area (Å²) in [5, 5.41) is 35.0. The number of benzene rings is 2. The van der Waals surface area contributed by atoms with Crippen molar-refractivity contribution in [2.24, 2.45) is 11.8 Å². The van der Waals surface area contributed by atoms with Crippen molar-refractivity contribution >= 4 is 0 Å². The van der Waals surface area contributed by atoms with E-state index in [1.807, 2.05) is 48.5 Å². The first-order valence-electron chi connectivity index (χ1n) is 9.97. The second-order valence-corrected chi connectivity index (χ2v) is 9.07. The van der Waals surface area contributed by atoms with Crippen molar-refractivity contribution in [3.05, 3.63) is 70.8 Å². The Kier molecular flexibility index (Phi) is 3.20. The maximum atomic E-state index is 12.2. The zero-order valence-electron chi connectivity index (χ0n) is 15.8. The lowest BCUT2D eigenvalue weighted by Crippen LogP contribution is -2.68. The largest absolute Gasteiger partial charge is 0.390 e. The number of ether oxygens (including phenoxy) is 2. The summed E-state index contributed by atoms with van der Waals surface area (Å²) < 4.78 is 12.0. The molecule has 0 unspecified atom stereocenters.